The van der Waals surface area contributed by atoms with Crippen LogP contribution >= 0.6 is 0 Å². The molecule has 0 bridgehead atoms. The van der Waals surface area contributed by atoms with E-state index >= 15 is 0 Å². The number of hydrogen-bond acceptors (Lipinski definition) is 4. The van der Waals surface area contributed by atoms with Gasteiger partial charge in [0.2, 0.25) is 0 Å². The monoisotopic (exact) mass is 248 g/mol. The Morgan fingerprint density at radius 2 is 2.22 bits per heavy atom. The summed E-state index contributed by atoms with van der Waals surface area (Å²) < 4.78 is 1.54. The van der Waals surface area contributed by atoms with Gasteiger partial charge in [0.25, 0.3) is 11.6 Å². The van der Waals surface area contributed by atoms with Crippen molar-refractivity contribution in [2.75, 3.05) is 0 Å². The standard InChI is InChI=1S/C11H12N4O3/c1-7(11(16)13-12)14-6-5-8-3-2-4-9(10(8)14)15(17)18/h2-7H,12H2,1H3,(H,13,16). The molecule has 1 aromatic heterocycles. The molecule has 0 aliphatic heterocycles. The number of amides is 1. The lowest BCUT2D eigenvalue weighted by molar-refractivity contribution is -0.383. The van der Waals surface area contributed by atoms with Gasteiger partial charge in [-0.1, -0.05) is 12.1 Å². The van der Waals surface area contributed by atoms with E-state index in [-0.39, 0.29) is 5.69 Å². The number of nitrogens with one attached hydrogen (secondary N) is 1. The van der Waals surface area contributed by atoms with E-state index in [1.807, 2.05) is 5.43 Å². The van der Waals surface area contributed by atoms with Crippen LogP contribution in [0, 0.1) is 10.1 Å². The number of aromatic nitrogens is 1. The van der Waals surface area contributed by atoms with Crippen LogP contribution in [0.2, 0.25) is 0 Å². The molecule has 1 aromatic carbocycles. The Labute approximate surface area is 102 Å². The van der Waals surface area contributed by atoms with Gasteiger partial charge in [-0.3, -0.25) is 20.3 Å². The van der Waals surface area contributed by atoms with Crippen molar-refractivity contribution in [3.63, 3.8) is 0 Å². The largest absolute Gasteiger partial charge is 0.330 e. The minimum Gasteiger partial charge on any atom is -0.330 e. The van der Waals surface area contributed by atoms with Crippen LogP contribution in [0.1, 0.15) is 13.0 Å². The van der Waals surface area contributed by atoms with Gasteiger partial charge in [-0.15, -0.1) is 0 Å². The van der Waals surface area contributed by atoms with Crippen molar-refractivity contribution >= 4 is 22.5 Å². The summed E-state index contributed by atoms with van der Waals surface area (Å²) in [6.07, 6.45) is 1.64. The van der Waals surface area contributed by atoms with Crippen molar-refractivity contribution in [3.8, 4) is 0 Å². The number of rotatable bonds is 3. The van der Waals surface area contributed by atoms with Crippen LogP contribution in [0.5, 0.6) is 0 Å². The van der Waals surface area contributed by atoms with Crippen LogP contribution in [0.4, 0.5) is 5.69 Å². The summed E-state index contributed by atoms with van der Waals surface area (Å²) >= 11 is 0. The van der Waals surface area contributed by atoms with Crippen LogP contribution in [0.25, 0.3) is 10.9 Å². The first kappa shape index (κ1) is 12.1. The molecule has 0 radical (unpaired) electrons. The Balaban J connectivity index is 2.65. The third kappa shape index (κ3) is 1.80. The van der Waals surface area contributed by atoms with Crippen LogP contribution in [0.15, 0.2) is 30.5 Å². The van der Waals surface area contributed by atoms with E-state index in [4.69, 9.17) is 5.84 Å². The molecule has 2 rings (SSSR count). The van der Waals surface area contributed by atoms with Crippen LogP contribution in [-0.4, -0.2) is 15.4 Å². The van der Waals surface area contributed by atoms with Crippen LogP contribution < -0.4 is 11.3 Å². The highest BCUT2D eigenvalue weighted by Gasteiger charge is 2.21. The zero-order valence-electron chi connectivity index (χ0n) is 9.66. The zero-order valence-corrected chi connectivity index (χ0v) is 9.66. The first-order chi connectivity index (χ1) is 8.56. The summed E-state index contributed by atoms with van der Waals surface area (Å²) in [5, 5.41) is 11.7. The van der Waals surface area contributed by atoms with Gasteiger partial charge in [0.05, 0.1) is 4.92 Å². The number of hydrazine groups is 1. The van der Waals surface area contributed by atoms with Gasteiger partial charge in [-0.25, -0.2) is 5.84 Å². The van der Waals surface area contributed by atoms with E-state index in [2.05, 4.69) is 0 Å². The average molecular weight is 248 g/mol. The number of nitro groups is 1. The van der Waals surface area contributed by atoms with Crippen LogP contribution in [-0.2, 0) is 4.79 Å². The van der Waals surface area contributed by atoms with E-state index in [0.717, 1.165) is 0 Å². The van der Waals surface area contributed by atoms with Gasteiger partial charge in [0, 0.05) is 17.6 Å². The van der Waals surface area contributed by atoms with Crippen molar-refractivity contribution in [2.45, 2.75) is 13.0 Å². The predicted molar refractivity (Wildman–Crippen MR) is 65.6 cm³/mol. The number of carbonyl (C=O) groups excluding carboxylic acids is 1. The van der Waals surface area contributed by atoms with E-state index in [1.165, 1.54) is 10.6 Å². The Hall–Kier alpha value is -2.41. The molecular formula is C11H12N4O3. The van der Waals surface area contributed by atoms with Crippen molar-refractivity contribution in [1.29, 1.82) is 0 Å². The fourth-order valence-electron chi connectivity index (χ4n) is 1.92. The highest BCUT2D eigenvalue weighted by Crippen LogP contribution is 2.28. The number of benzene rings is 1. The molecule has 0 spiro atoms. The topological polar surface area (TPSA) is 103 Å². The summed E-state index contributed by atoms with van der Waals surface area (Å²) in [5.74, 6) is 4.66. The van der Waals surface area contributed by atoms with Crippen molar-refractivity contribution in [2.24, 2.45) is 5.84 Å². The van der Waals surface area contributed by atoms with Gasteiger partial charge < -0.3 is 4.57 Å². The lowest BCUT2D eigenvalue weighted by atomic mass is 10.2. The lowest BCUT2D eigenvalue weighted by Crippen LogP contribution is -2.35. The third-order valence-electron chi connectivity index (χ3n) is 2.85. The molecular weight excluding hydrogens is 236 g/mol. The molecule has 0 aliphatic carbocycles. The molecule has 7 nitrogen and oxygen atoms in total. The number of non-ortho nitro benzene ring substituents is 1. The molecule has 1 amide bonds. The highest BCUT2D eigenvalue weighted by atomic mass is 16.6. The first-order valence-electron chi connectivity index (χ1n) is 5.30. The van der Waals surface area contributed by atoms with Crippen molar-refractivity contribution in [1.82, 2.24) is 9.99 Å². The predicted octanol–water partition coefficient (Wildman–Crippen LogP) is 1.10. The Morgan fingerprint density at radius 3 is 2.83 bits per heavy atom. The maximum absolute atomic E-state index is 11.5. The fraction of sp³-hybridized carbons (Fsp3) is 0.182. The number of hydrogen-bond donors (Lipinski definition) is 2. The SMILES string of the molecule is CC(C(=O)NN)n1ccc2cccc([N+](=O)[O-])c21. The number of para-hydroxylation sites is 1. The molecule has 1 unspecified atom stereocenters. The maximum Gasteiger partial charge on any atom is 0.293 e. The van der Waals surface area contributed by atoms with Gasteiger partial charge in [0.1, 0.15) is 11.6 Å². The van der Waals surface area contributed by atoms with E-state index < -0.39 is 16.9 Å². The van der Waals surface area contributed by atoms with Gasteiger partial charge in [-0.2, -0.15) is 0 Å². The molecule has 18 heavy (non-hydrogen) atoms. The summed E-state index contributed by atoms with van der Waals surface area (Å²) in [6, 6.07) is 5.88. The van der Waals surface area contributed by atoms with Crippen LogP contribution in [0.3, 0.4) is 0 Å². The lowest BCUT2D eigenvalue weighted by Gasteiger charge is -2.13. The number of carbonyl (C=O) groups is 1. The second kappa shape index (κ2) is 4.46. The summed E-state index contributed by atoms with van der Waals surface area (Å²) in [6.45, 7) is 1.62. The zero-order chi connectivity index (χ0) is 13.3. The molecule has 0 aliphatic rings. The number of nitro benzene ring substituents is 1. The average Bonchev–Trinajstić information content (AvgIpc) is 2.80. The highest BCUT2D eigenvalue weighted by molar-refractivity contribution is 5.91. The number of fused-ring (bicyclic) bond motifs is 1. The molecule has 0 saturated heterocycles. The summed E-state index contributed by atoms with van der Waals surface area (Å²) in [5.41, 5.74) is 2.42. The molecule has 1 heterocycles. The van der Waals surface area contributed by atoms with Crippen molar-refractivity contribution < 1.29 is 9.72 Å². The normalized spacial score (nSPS) is 12.3. The summed E-state index contributed by atoms with van der Waals surface area (Å²) in [4.78, 5) is 22.0. The number of nitrogens with two attached hydrogens (primary N) is 1. The second-order valence-electron chi connectivity index (χ2n) is 3.88. The molecule has 94 valence electrons. The van der Waals surface area contributed by atoms with E-state index in [1.54, 1.807) is 31.3 Å². The molecule has 1 atom stereocenters. The molecule has 0 fully saturated rings. The molecule has 7 heteroatoms. The van der Waals surface area contributed by atoms with Gasteiger partial charge >= 0.3 is 0 Å². The first-order valence-corrected chi connectivity index (χ1v) is 5.30. The van der Waals surface area contributed by atoms with Crippen molar-refractivity contribution in [3.05, 3.63) is 40.6 Å². The third-order valence-corrected chi connectivity index (χ3v) is 2.85. The maximum atomic E-state index is 11.5. The second-order valence-corrected chi connectivity index (χ2v) is 3.88. The molecule has 3 N–H and O–H groups in total. The van der Waals surface area contributed by atoms with E-state index in [0.29, 0.717) is 10.9 Å². The Morgan fingerprint density at radius 1 is 1.50 bits per heavy atom. The number of nitrogens with zero attached hydrogens (tertiary/aromatic N) is 2. The van der Waals surface area contributed by atoms with E-state index in [9.17, 15) is 14.9 Å². The van der Waals surface area contributed by atoms with Gasteiger partial charge in [-0.05, 0) is 13.0 Å². The van der Waals surface area contributed by atoms with Gasteiger partial charge in [0.15, 0.2) is 0 Å². The Bertz CT molecular complexity index is 620. The molecule has 2 aromatic rings. The quantitative estimate of drug-likeness (QED) is 0.367. The smallest absolute Gasteiger partial charge is 0.293 e. The minimum absolute atomic E-state index is 0.0332. The minimum atomic E-state index is -0.617. The molecule has 0 saturated carbocycles. The summed E-state index contributed by atoms with van der Waals surface area (Å²) in [7, 11) is 0. The Kier molecular flexibility index (Phi) is 2.99. The fourth-order valence-corrected chi connectivity index (χ4v) is 1.92.